The topological polar surface area (TPSA) is 55.8 Å². The lowest BCUT2D eigenvalue weighted by molar-refractivity contribution is 0.0641. The third-order valence-corrected chi connectivity index (χ3v) is 5.72. The van der Waals surface area contributed by atoms with E-state index in [0.717, 1.165) is 36.1 Å². The first-order valence-electron chi connectivity index (χ1n) is 10.9. The van der Waals surface area contributed by atoms with Crippen molar-refractivity contribution in [3.05, 3.63) is 94.5 Å². The monoisotopic (exact) mass is 429 g/mol. The lowest BCUT2D eigenvalue weighted by Gasteiger charge is -2.15. The Labute approximate surface area is 188 Å². The Kier molecular flexibility index (Phi) is 6.55. The number of fused-ring (bicyclic) bond motifs is 1. The second kappa shape index (κ2) is 9.69. The van der Waals surface area contributed by atoms with Crippen LogP contribution in [0.3, 0.4) is 0 Å². The predicted octanol–water partition coefficient (Wildman–Crippen LogP) is 5.20. The summed E-state index contributed by atoms with van der Waals surface area (Å²) in [6.07, 6.45) is 2.86. The summed E-state index contributed by atoms with van der Waals surface area (Å²) in [5.74, 6) is 0.666. The smallest absolute Gasteiger partial charge is 0.265 e. The molecule has 3 aromatic carbocycles. The molecule has 164 valence electrons. The standard InChI is InChI=1S/C27H27NO4/c1-19-17-21(14-15-23(19)31-2)18-28-26(29)22-12-8-13-24(25(22)27(28)30)32-16-7-6-11-20-9-4-3-5-10-20/h3-5,8-10,12-15,17H,6-7,11,16,18H2,1-2H3. The first-order valence-corrected chi connectivity index (χ1v) is 10.9. The van der Waals surface area contributed by atoms with E-state index in [9.17, 15) is 9.59 Å². The minimum atomic E-state index is -0.307. The number of aryl methyl sites for hydroxylation is 2. The van der Waals surface area contributed by atoms with Crippen molar-refractivity contribution in [2.24, 2.45) is 0 Å². The van der Waals surface area contributed by atoms with E-state index >= 15 is 0 Å². The van der Waals surface area contributed by atoms with E-state index in [1.54, 1.807) is 25.3 Å². The molecule has 0 aliphatic carbocycles. The van der Waals surface area contributed by atoms with Crippen molar-refractivity contribution in [1.82, 2.24) is 4.90 Å². The van der Waals surface area contributed by atoms with Crippen molar-refractivity contribution in [3.63, 3.8) is 0 Å². The summed E-state index contributed by atoms with van der Waals surface area (Å²) in [5, 5.41) is 0. The zero-order valence-electron chi connectivity index (χ0n) is 18.5. The zero-order valence-corrected chi connectivity index (χ0v) is 18.5. The van der Waals surface area contributed by atoms with Gasteiger partial charge in [-0.3, -0.25) is 14.5 Å². The molecule has 5 nitrogen and oxygen atoms in total. The van der Waals surface area contributed by atoms with Gasteiger partial charge in [0.2, 0.25) is 0 Å². The van der Waals surface area contributed by atoms with E-state index < -0.39 is 0 Å². The van der Waals surface area contributed by atoms with Gasteiger partial charge in [0.05, 0.1) is 31.4 Å². The van der Waals surface area contributed by atoms with Crippen molar-refractivity contribution in [2.75, 3.05) is 13.7 Å². The lowest BCUT2D eigenvalue weighted by atomic mass is 10.1. The number of hydrogen-bond acceptors (Lipinski definition) is 4. The van der Waals surface area contributed by atoms with E-state index in [-0.39, 0.29) is 18.4 Å². The molecule has 5 heteroatoms. The Bertz CT molecular complexity index is 1120. The first kappa shape index (κ1) is 21.6. The van der Waals surface area contributed by atoms with Crippen LogP contribution in [-0.4, -0.2) is 30.4 Å². The highest BCUT2D eigenvalue weighted by atomic mass is 16.5. The maximum absolute atomic E-state index is 13.1. The number of methoxy groups -OCH3 is 1. The minimum Gasteiger partial charge on any atom is -0.496 e. The summed E-state index contributed by atoms with van der Waals surface area (Å²) in [7, 11) is 1.62. The van der Waals surface area contributed by atoms with Gasteiger partial charge in [0, 0.05) is 0 Å². The van der Waals surface area contributed by atoms with E-state index in [4.69, 9.17) is 9.47 Å². The SMILES string of the molecule is COc1ccc(CN2C(=O)c3cccc(OCCCCc4ccccc4)c3C2=O)cc1C. The third kappa shape index (κ3) is 4.52. The van der Waals surface area contributed by atoms with Crippen LogP contribution in [0, 0.1) is 6.92 Å². The van der Waals surface area contributed by atoms with Crippen LogP contribution >= 0.6 is 0 Å². The second-order valence-electron chi connectivity index (χ2n) is 7.97. The lowest BCUT2D eigenvalue weighted by Crippen LogP contribution is -2.29. The molecule has 0 bridgehead atoms. The molecule has 0 aromatic heterocycles. The summed E-state index contributed by atoms with van der Waals surface area (Å²) in [6, 6.07) is 21.2. The van der Waals surface area contributed by atoms with E-state index in [0.29, 0.717) is 23.5 Å². The van der Waals surface area contributed by atoms with Gasteiger partial charge in [0.15, 0.2) is 0 Å². The van der Waals surface area contributed by atoms with Gasteiger partial charge in [-0.25, -0.2) is 0 Å². The molecule has 1 heterocycles. The number of hydrogen-bond donors (Lipinski definition) is 0. The molecule has 2 amide bonds. The number of rotatable bonds is 9. The van der Waals surface area contributed by atoms with Gasteiger partial charge >= 0.3 is 0 Å². The molecular formula is C27H27NO4. The fourth-order valence-electron chi connectivity index (χ4n) is 4.05. The van der Waals surface area contributed by atoms with E-state index in [2.05, 4.69) is 12.1 Å². The Morgan fingerprint density at radius 1 is 0.812 bits per heavy atom. The molecular weight excluding hydrogens is 402 g/mol. The highest BCUT2D eigenvalue weighted by Gasteiger charge is 2.38. The van der Waals surface area contributed by atoms with Gasteiger partial charge in [-0.2, -0.15) is 0 Å². The van der Waals surface area contributed by atoms with Gasteiger partial charge in [0.25, 0.3) is 11.8 Å². The van der Waals surface area contributed by atoms with Crippen LogP contribution in [0.1, 0.15) is 50.2 Å². The molecule has 0 atom stereocenters. The molecule has 0 saturated heterocycles. The Morgan fingerprint density at radius 2 is 1.62 bits per heavy atom. The van der Waals surface area contributed by atoms with Crippen LogP contribution < -0.4 is 9.47 Å². The Morgan fingerprint density at radius 3 is 2.38 bits per heavy atom. The first-order chi connectivity index (χ1) is 15.6. The number of amides is 2. The number of imide groups is 1. The summed E-state index contributed by atoms with van der Waals surface area (Å²) >= 11 is 0. The van der Waals surface area contributed by atoms with E-state index in [1.165, 1.54) is 10.5 Å². The third-order valence-electron chi connectivity index (χ3n) is 5.72. The number of ether oxygens (including phenoxy) is 2. The van der Waals surface area contributed by atoms with Crippen molar-refractivity contribution in [2.45, 2.75) is 32.7 Å². The van der Waals surface area contributed by atoms with Gasteiger partial charge in [-0.05, 0) is 61.1 Å². The Hall–Kier alpha value is -3.60. The second-order valence-corrected chi connectivity index (χ2v) is 7.97. The van der Waals surface area contributed by atoms with Gasteiger partial charge in [-0.15, -0.1) is 0 Å². The van der Waals surface area contributed by atoms with E-state index in [1.807, 2.05) is 43.3 Å². The molecule has 1 aliphatic rings. The van der Waals surface area contributed by atoms with Gasteiger partial charge in [0.1, 0.15) is 11.5 Å². The van der Waals surface area contributed by atoms with Crippen molar-refractivity contribution >= 4 is 11.8 Å². The van der Waals surface area contributed by atoms with Crippen molar-refractivity contribution < 1.29 is 19.1 Å². The Balaban J connectivity index is 1.40. The van der Waals surface area contributed by atoms with Crippen LogP contribution in [0.4, 0.5) is 0 Å². The maximum Gasteiger partial charge on any atom is 0.265 e. The largest absolute Gasteiger partial charge is 0.496 e. The minimum absolute atomic E-state index is 0.216. The molecule has 0 spiro atoms. The number of carbonyl (C=O) groups is 2. The summed E-state index contributed by atoms with van der Waals surface area (Å²) in [5.41, 5.74) is 3.91. The van der Waals surface area contributed by atoms with Crippen LogP contribution in [0.5, 0.6) is 11.5 Å². The summed E-state index contributed by atoms with van der Waals surface area (Å²) < 4.78 is 11.2. The van der Waals surface area contributed by atoms with Gasteiger partial charge in [-0.1, -0.05) is 48.5 Å². The zero-order chi connectivity index (χ0) is 22.5. The molecule has 0 N–H and O–H groups in total. The average Bonchev–Trinajstić information content (AvgIpc) is 3.05. The molecule has 0 unspecified atom stereocenters. The predicted molar refractivity (Wildman–Crippen MR) is 123 cm³/mol. The van der Waals surface area contributed by atoms with Gasteiger partial charge < -0.3 is 9.47 Å². The molecule has 0 saturated carbocycles. The molecule has 0 fully saturated rings. The normalized spacial score (nSPS) is 12.8. The number of carbonyl (C=O) groups excluding carboxylic acids is 2. The number of unbranched alkanes of at least 4 members (excludes halogenated alkanes) is 1. The highest BCUT2D eigenvalue weighted by molar-refractivity contribution is 6.22. The summed E-state index contributed by atoms with van der Waals surface area (Å²) in [6.45, 7) is 2.66. The molecule has 32 heavy (non-hydrogen) atoms. The number of benzene rings is 3. The molecule has 1 aliphatic heterocycles. The average molecular weight is 430 g/mol. The van der Waals surface area contributed by atoms with Crippen molar-refractivity contribution in [1.29, 1.82) is 0 Å². The van der Waals surface area contributed by atoms with Crippen LogP contribution in [0.2, 0.25) is 0 Å². The van der Waals surface area contributed by atoms with Crippen molar-refractivity contribution in [3.8, 4) is 11.5 Å². The molecule has 4 rings (SSSR count). The maximum atomic E-state index is 13.1. The quantitative estimate of drug-likeness (QED) is 0.346. The number of nitrogens with zero attached hydrogens (tertiary/aromatic N) is 1. The molecule has 0 radical (unpaired) electrons. The molecule has 3 aromatic rings. The van der Waals surface area contributed by atoms with Crippen LogP contribution in [0.25, 0.3) is 0 Å². The fraction of sp³-hybridized carbons (Fsp3) is 0.259. The van der Waals surface area contributed by atoms with Crippen LogP contribution in [-0.2, 0) is 13.0 Å². The fourth-order valence-corrected chi connectivity index (χ4v) is 4.05. The summed E-state index contributed by atoms with van der Waals surface area (Å²) in [4.78, 5) is 27.3. The van der Waals surface area contributed by atoms with Crippen LogP contribution in [0.15, 0.2) is 66.7 Å². The highest BCUT2D eigenvalue weighted by Crippen LogP contribution is 2.32.